The Labute approximate surface area is 190 Å². The lowest BCUT2D eigenvalue weighted by Gasteiger charge is -2.18. The number of nitrogens with zero attached hydrogens (tertiary/aromatic N) is 2. The Morgan fingerprint density at radius 3 is 2.17 bits per heavy atom. The molecule has 0 fully saturated rings. The maximum Gasteiger partial charge on any atom is 0.340 e. The highest BCUT2D eigenvalue weighted by atomic mass is 35.5. The number of halogens is 3. The van der Waals surface area contributed by atoms with Crippen LogP contribution < -0.4 is 0 Å². The second kappa shape index (κ2) is 9.98. The van der Waals surface area contributed by atoms with Crippen LogP contribution in [0.3, 0.4) is 0 Å². The van der Waals surface area contributed by atoms with E-state index in [1.54, 1.807) is 18.2 Å². The number of carbonyl (C=O) groups is 2. The fraction of sp³-hybridized carbons (Fsp3) is 0.263. The molecule has 11 heteroatoms. The molecule has 0 aliphatic carbocycles. The molecule has 0 aromatic heterocycles. The number of amides is 1. The minimum Gasteiger partial charge on any atom is -0.452 e. The van der Waals surface area contributed by atoms with Crippen LogP contribution in [0.2, 0.25) is 15.1 Å². The van der Waals surface area contributed by atoms with Crippen molar-refractivity contribution in [3.8, 4) is 0 Å². The molecular formula is C19H19Cl3N2O5S. The van der Waals surface area contributed by atoms with E-state index in [-0.39, 0.29) is 22.0 Å². The molecular weight excluding hydrogens is 475 g/mol. The molecule has 0 aliphatic rings. The first-order valence-electron chi connectivity index (χ1n) is 8.50. The maximum atomic E-state index is 12.4. The van der Waals surface area contributed by atoms with E-state index in [0.29, 0.717) is 10.0 Å². The van der Waals surface area contributed by atoms with Crippen molar-refractivity contribution in [3.05, 3.63) is 62.6 Å². The fourth-order valence-electron chi connectivity index (χ4n) is 2.35. The largest absolute Gasteiger partial charge is 0.452 e. The summed E-state index contributed by atoms with van der Waals surface area (Å²) in [6, 6.07) is 8.66. The summed E-state index contributed by atoms with van der Waals surface area (Å²) in [4.78, 5) is 25.9. The lowest BCUT2D eigenvalue weighted by atomic mass is 10.2. The van der Waals surface area contributed by atoms with Crippen molar-refractivity contribution in [1.29, 1.82) is 0 Å². The van der Waals surface area contributed by atoms with Crippen LogP contribution >= 0.6 is 34.8 Å². The van der Waals surface area contributed by atoms with Gasteiger partial charge in [-0.3, -0.25) is 4.79 Å². The number of hydrogen-bond donors (Lipinski definition) is 0. The van der Waals surface area contributed by atoms with Gasteiger partial charge in [0.1, 0.15) is 0 Å². The molecule has 0 saturated carbocycles. The highest BCUT2D eigenvalue weighted by molar-refractivity contribution is 7.89. The molecule has 2 rings (SSSR count). The number of likely N-dealkylation sites (N-methyl/N-ethyl adjacent to an activating group) is 1. The number of benzene rings is 2. The zero-order valence-corrected chi connectivity index (χ0v) is 19.4. The van der Waals surface area contributed by atoms with Gasteiger partial charge in [-0.25, -0.2) is 17.5 Å². The Morgan fingerprint density at radius 1 is 0.933 bits per heavy atom. The number of rotatable bonds is 7. The van der Waals surface area contributed by atoms with E-state index < -0.39 is 28.5 Å². The van der Waals surface area contributed by atoms with Crippen LogP contribution in [0.5, 0.6) is 0 Å². The van der Waals surface area contributed by atoms with Crippen LogP contribution in [0.1, 0.15) is 15.9 Å². The van der Waals surface area contributed by atoms with Gasteiger partial charge in [-0.15, -0.1) is 0 Å². The lowest BCUT2D eigenvalue weighted by molar-refractivity contribution is -0.133. The first-order valence-corrected chi connectivity index (χ1v) is 11.1. The third-order valence-electron chi connectivity index (χ3n) is 4.09. The molecule has 2 aromatic carbocycles. The van der Waals surface area contributed by atoms with Crippen LogP contribution in [0.4, 0.5) is 0 Å². The van der Waals surface area contributed by atoms with Crippen molar-refractivity contribution in [2.45, 2.75) is 11.4 Å². The summed E-state index contributed by atoms with van der Waals surface area (Å²) in [5, 5.41) is 0.775. The Balaban J connectivity index is 2.06. The molecule has 0 radical (unpaired) electrons. The third kappa shape index (κ3) is 5.86. The molecule has 2 aromatic rings. The average Bonchev–Trinajstić information content (AvgIpc) is 2.68. The molecule has 1 amide bonds. The van der Waals surface area contributed by atoms with Crippen molar-refractivity contribution in [2.24, 2.45) is 0 Å². The predicted octanol–water partition coefficient (Wildman–Crippen LogP) is 3.71. The van der Waals surface area contributed by atoms with Crippen LogP contribution in [0.25, 0.3) is 0 Å². The van der Waals surface area contributed by atoms with Gasteiger partial charge in [-0.05, 0) is 35.9 Å². The third-order valence-corrected chi connectivity index (χ3v) is 6.97. The summed E-state index contributed by atoms with van der Waals surface area (Å²) in [5.74, 6) is -1.38. The monoisotopic (exact) mass is 492 g/mol. The average molecular weight is 494 g/mol. The number of ether oxygens (including phenoxy) is 1. The van der Waals surface area contributed by atoms with Gasteiger partial charge in [0.2, 0.25) is 10.0 Å². The predicted molar refractivity (Wildman–Crippen MR) is 116 cm³/mol. The highest BCUT2D eigenvalue weighted by Gasteiger charge is 2.22. The van der Waals surface area contributed by atoms with Crippen molar-refractivity contribution in [3.63, 3.8) is 0 Å². The molecule has 0 heterocycles. The van der Waals surface area contributed by atoms with Crippen molar-refractivity contribution >= 4 is 56.7 Å². The standard InChI is InChI=1S/C19H19Cl3N2O5S/c1-23(2)30(27,28)13-5-7-15(20)14(9-13)19(26)29-11-18(25)24(3)10-12-4-6-16(21)17(22)8-12/h4-9H,10-11H2,1-3H3. The van der Waals surface area contributed by atoms with E-state index in [0.717, 1.165) is 15.9 Å². The smallest absolute Gasteiger partial charge is 0.340 e. The SMILES string of the molecule is CN(Cc1ccc(Cl)c(Cl)c1)C(=O)COC(=O)c1cc(S(=O)(=O)N(C)C)ccc1Cl. The van der Waals surface area contributed by atoms with Crippen LogP contribution in [-0.4, -0.2) is 57.2 Å². The summed E-state index contributed by atoms with van der Waals surface area (Å²) in [7, 11) is 0.504. The molecule has 0 bridgehead atoms. The van der Waals surface area contributed by atoms with Crippen molar-refractivity contribution in [1.82, 2.24) is 9.21 Å². The van der Waals surface area contributed by atoms with Gasteiger partial charge < -0.3 is 9.64 Å². The summed E-state index contributed by atoms with van der Waals surface area (Å²) in [6.07, 6.45) is 0. The molecule has 0 unspecified atom stereocenters. The van der Waals surface area contributed by atoms with Gasteiger partial charge in [0.15, 0.2) is 6.61 Å². The van der Waals surface area contributed by atoms with Gasteiger partial charge >= 0.3 is 5.97 Å². The Hall–Kier alpha value is -1.84. The second-order valence-corrected chi connectivity index (χ2v) is 9.88. The van der Waals surface area contributed by atoms with E-state index in [1.807, 2.05) is 0 Å². The minimum absolute atomic E-state index is 0.00863. The van der Waals surface area contributed by atoms with Crippen LogP contribution in [0, 0.1) is 0 Å². The molecule has 0 atom stereocenters. The van der Waals surface area contributed by atoms with Crippen LogP contribution in [0.15, 0.2) is 41.3 Å². The topological polar surface area (TPSA) is 84.0 Å². The van der Waals surface area contributed by atoms with Gasteiger partial charge in [-0.1, -0.05) is 40.9 Å². The van der Waals surface area contributed by atoms with Crippen molar-refractivity contribution in [2.75, 3.05) is 27.7 Å². The summed E-state index contributed by atoms with van der Waals surface area (Å²) in [6.45, 7) is -0.317. The molecule has 0 saturated heterocycles. The first kappa shape index (κ1) is 24.4. The summed E-state index contributed by atoms with van der Waals surface area (Å²) < 4.78 is 30.5. The maximum absolute atomic E-state index is 12.4. The van der Waals surface area contributed by atoms with E-state index in [2.05, 4.69) is 0 Å². The minimum atomic E-state index is -3.76. The summed E-state index contributed by atoms with van der Waals surface area (Å²) >= 11 is 17.8. The van der Waals surface area contributed by atoms with Gasteiger partial charge in [0.25, 0.3) is 5.91 Å². The number of hydrogen-bond acceptors (Lipinski definition) is 5. The number of carbonyl (C=O) groups excluding carboxylic acids is 2. The van der Waals surface area contributed by atoms with E-state index >= 15 is 0 Å². The van der Waals surface area contributed by atoms with E-state index in [4.69, 9.17) is 39.5 Å². The van der Waals surface area contributed by atoms with Gasteiger partial charge in [0.05, 0.1) is 25.5 Å². The number of esters is 1. The zero-order chi connectivity index (χ0) is 22.6. The molecule has 0 N–H and O–H groups in total. The molecule has 7 nitrogen and oxygen atoms in total. The molecule has 0 spiro atoms. The molecule has 162 valence electrons. The summed E-state index contributed by atoms with van der Waals surface area (Å²) in [5.41, 5.74) is 0.593. The molecule has 0 aliphatic heterocycles. The zero-order valence-electron chi connectivity index (χ0n) is 16.4. The number of sulfonamides is 1. The van der Waals surface area contributed by atoms with Gasteiger partial charge in [0, 0.05) is 27.7 Å². The Bertz CT molecular complexity index is 1070. The van der Waals surface area contributed by atoms with E-state index in [1.165, 1.54) is 38.2 Å². The lowest BCUT2D eigenvalue weighted by Crippen LogP contribution is -2.31. The highest BCUT2D eigenvalue weighted by Crippen LogP contribution is 2.24. The van der Waals surface area contributed by atoms with Crippen LogP contribution in [-0.2, 0) is 26.1 Å². The second-order valence-electron chi connectivity index (χ2n) is 6.50. The van der Waals surface area contributed by atoms with Gasteiger partial charge in [-0.2, -0.15) is 0 Å². The Kier molecular flexibility index (Phi) is 8.13. The van der Waals surface area contributed by atoms with Crippen molar-refractivity contribution < 1.29 is 22.7 Å². The normalized spacial score (nSPS) is 11.4. The molecule has 30 heavy (non-hydrogen) atoms. The van der Waals surface area contributed by atoms with E-state index in [9.17, 15) is 18.0 Å². The quantitative estimate of drug-likeness (QED) is 0.549. The first-order chi connectivity index (χ1) is 13.9. The fourth-order valence-corrected chi connectivity index (χ4v) is 3.79. The Morgan fingerprint density at radius 2 is 1.57 bits per heavy atom.